The van der Waals surface area contributed by atoms with Crippen molar-refractivity contribution in [3.05, 3.63) is 83.9 Å². The number of nitrogens with two attached hydrogens (primary N) is 1. The summed E-state index contributed by atoms with van der Waals surface area (Å²) in [4.78, 5) is 0. The van der Waals surface area contributed by atoms with E-state index in [4.69, 9.17) is 10.5 Å². The summed E-state index contributed by atoms with van der Waals surface area (Å²) in [6.07, 6.45) is 0. The SMILES string of the molecule is Nc1ccc(Oc2ccc(C#Cc3ccccc3)cc2)cc1O. The minimum absolute atomic E-state index is 0.00727. The fraction of sp³-hybridized carbons (Fsp3) is 0. The second kappa shape index (κ2) is 6.59. The van der Waals surface area contributed by atoms with Crippen molar-refractivity contribution in [1.82, 2.24) is 0 Å². The summed E-state index contributed by atoms with van der Waals surface area (Å²) >= 11 is 0. The van der Waals surface area contributed by atoms with E-state index in [1.165, 1.54) is 6.07 Å². The molecule has 0 amide bonds. The Morgan fingerprint density at radius 1 is 0.739 bits per heavy atom. The predicted octanol–water partition coefficient (Wildman–Crippen LogP) is 4.17. The molecule has 3 heteroatoms. The lowest BCUT2D eigenvalue weighted by atomic mass is 10.2. The average Bonchev–Trinajstić information content (AvgIpc) is 2.58. The van der Waals surface area contributed by atoms with Crippen LogP contribution in [0.5, 0.6) is 17.2 Å². The average molecular weight is 301 g/mol. The molecule has 3 nitrogen and oxygen atoms in total. The van der Waals surface area contributed by atoms with Gasteiger partial charge in [0.15, 0.2) is 0 Å². The Hall–Kier alpha value is -3.38. The third-order valence-corrected chi connectivity index (χ3v) is 3.22. The second-order valence-corrected chi connectivity index (χ2v) is 4.96. The number of nitrogen functional groups attached to an aromatic ring is 1. The van der Waals surface area contributed by atoms with Crippen LogP contribution in [0.15, 0.2) is 72.8 Å². The van der Waals surface area contributed by atoms with Crippen LogP contribution in [0.25, 0.3) is 0 Å². The first-order valence-corrected chi connectivity index (χ1v) is 7.14. The lowest BCUT2D eigenvalue weighted by Gasteiger charge is -2.07. The van der Waals surface area contributed by atoms with Gasteiger partial charge in [0.1, 0.15) is 17.2 Å². The van der Waals surface area contributed by atoms with Gasteiger partial charge < -0.3 is 15.6 Å². The van der Waals surface area contributed by atoms with Gasteiger partial charge in [0, 0.05) is 17.2 Å². The molecule has 0 unspecified atom stereocenters. The molecule has 3 N–H and O–H groups in total. The highest BCUT2D eigenvalue weighted by Crippen LogP contribution is 2.28. The standard InChI is InChI=1S/C20H15NO2/c21-19-13-12-18(14-20(19)22)23-17-10-8-16(9-11-17)7-6-15-4-2-1-3-5-15/h1-5,8-14,22H,21H2. The number of hydrogen-bond donors (Lipinski definition) is 2. The van der Waals surface area contributed by atoms with Crippen LogP contribution in [0.2, 0.25) is 0 Å². The van der Waals surface area contributed by atoms with E-state index in [9.17, 15) is 5.11 Å². The molecule has 0 aliphatic carbocycles. The summed E-state index contributed by atoms with van der Waals surface area (Å²) in [5.74, 6) is 7.41. The van der Waals surface area contributed by atoms with E-state index in [0.717, 1.165) is 11.1 Å². The third kappa shape index (κ3) is 3.84. The number of benzene rings is 3. The lowest BCUT2D eigenvalue weighted by molar-refractivity contribution is 0.457. The Bertz CT molecular complexity index is 860. The maximum atomic E-state index is 9.58. The molecule has 23 heavy (non-hydrogen) atoms. The highest BCUT2D eigenvalue weighted by atomic mass is 16.5. The van der Waals surface area contributed by atoms with Gasteiger partial charge in [-0.3, -0.25) is 0 Å². The summed E-state index contributed by atoms with van der Waals surface area (Å²) in [5.41, 5.74) is 7.77. The zero-order valence-electron chi connectivity index (χ0n) is 12.4. The normalized spacial score (nSPS) is 9.74. The van der Waals surface area contributed by atoms with Crippen LogP contribution < -0.4 is 10.5 Å². The quantitative estimate of drug-likeness (QED) is 0.424. The van der Waals surface area contributed by atoms with E-state index in [0.29, 0.717) is 17.2 Å². The van der Waals surface area contributed by atoms with Crippen molar-refractivity contribution >= 4 is 5.69 Å². The molecular weight excluding hydrogens is 286 g/mol. The van der Waals surface area contributed by atoms with Crippen LogP contribution in [0.1, 0.15) is 11.1 Å². The van der Waals surface area contributed by atoms with Crippen LogP contribution in [0.4, 0.5) is 5.69 Å². The van der Waals surface area contributed by atoms with E-state index in [-0.39, 0.29) is 5.75 Å². The van der Waals surface area contributed by atoms with Gasteiger partial charge in [0.25, 0.3) is 0 Å². The molecule has 0 fully saturated rings. The minimum atomic E-state index is 0.00727. The highest BCUT2D eigenvalue weighted by molar-refractivity contribution is 5.55. The summed E-state index contributed by atoms with van der Waals surface area (Å²) in [5, 5.41) is 9.58. The largest absolute Gasteiger partial charge is 0.506 e. The third-order valence-electron chi connectivity index (χ3n) is 3.22. The molecule has 0 atom stereocenters. The van der Waals surface area contributed by atoms with E-state index in [1.54, 1.807) is 12.1 Å². The minimum Gasteiger partial charge on any atom is -0.506 e. The van der Waals surface area contributed by atoms with E-state index in [2.05, 4.69) is 11.8 Å². The van der Waals surface area contributed by atoms with Gasteiger partial charge in [-0.05, 0) is 48.5 Å². The number of phenols is 1. The summed E-state index contributed by atoms with van der Waals surface area (Å²) < 4.78 is 5.67. The van der Waals surface area contributed by atoms with Crippen molar-refractivity contribution in [2.24, 2.45) is 0 Å². The maximum Gasteiger partial charge on any atom is 0.142 e. The van der Waals surface area contributed by atoms with Gasteiger partial charge in [-0.25, -0.2) is 0 Å². The number of anilines is 1. The van der Waals surface area contributed by atoms with Gasteiger partial charge in [-0.2, -0.15) is 0 Å². The molecule has 0 aromatic heterocycles. The molecule has 0 radical (unpaired) electrons. The zero-order valence-corrected chi connectivity index (χ0v) is 12.4. The predicted molar refractivity (Wildman–Crippen MR) is 91.5 cm³/mol. The zero-order chi connectivity index (χ0) is 16.1. The number of hydrogen-bond acceptors (Lipinski definition) is 3. The van der Waals surface area contributed by atoms with Crippen molar-refractivity contribution in [3.8, 4) is 29.1 Å². The fourth-order valence-electron chi connectivity index (χ4n) is 2.00. The van der Waals surface area contributed by atoms with Crippen molar-refractivity contribution in [1.29, 1.82) is 0 Å². The highest BCUT2D eigenvalue weighted by Gasteiger charge is 2.01. The Morgan fingerprint density at radius 3 is 2.00 bits per heavy atom. The maximum absolute atomic E-state index is 9.58. The Morgan fingerprint density at radius 2 is 1.35 bits per heavy atom. The Labute approximate surface area is 135 Å². The molecule has 0 spiro atoms. The molecule has 0 saturated carbocycles. The topological polar surface area (TPSA) is 55.5 Å². The molecule has 0 bridgehead atoms. The molecule has 0 aliphatic rings. The molecule has 0 saturated heterocycles. The number of ether oxygens (including phenoxy) is 1. The van der Waals surface area contributed by atoms with Crippen LogP contribution in [0.3, 0.4) is 0 Å². The van der Waals surface area contributed by atoms with Gasteiger partial charge in [0.05, 0.1) is 5.69 Å². The van der Waals surface area contributed by atoms with Gasteiger partial charge in [-0.15, -0.1) is 0 Å². The molecule has 3 aromatic carbocycles. The van der Waals surface area contributed by atoms with Crippen molar-refractivity contribution in [3.63, 3.8) is 0 Å². The van der Waals surface area contributed by atoms with Crippen LogP contribution in [0, 0.1) is 11.8 Å². The van der Waals surface area contributed by atoms with Crippen molar-refractivity contribution in [2.45, 2.75) is 0 Å². The number of phenolic OH excluding ortho intramolecular Hbond substituents is 1. The first-order valence-electron chi connectivity index (χ1n) is 7.14. The molecule has 3 rings (SSSR count). The Kier molecular flexibility index (Phi) is 4.17. The second-order valence-electron chi connectivity index (χ2n) is 4.96. The van der Waals surface area contributed by atoms with Crippen LogP contribution in [-0.4, -0.2) is 5.11 Å². The first kappa shape index (κ1) is 14.6. The van der Waals surface area contributed by atoms with E-state index in [1.807, 2.05) is 54.6 Å². The van der Waals surface area contributed by atoms with E-state index < -0.39 is 0 Å². The number of aromatic hydroxyl groups is 1. The van der Waals surface area contributed by atoms with Gasteiger partial charge >= 0.3 is 0 Å². The molecule has 112 valence electrons. The number of rotatable bonds is 2. The summed E-state index contributed by atoms with van der Waals surface area (Å²) in [6.45, 7) is 0. The summed E-state index contributed by atoms with van der Waals surface area (Å²) in [7, 11) is 0. The van der Waals surface area contributed by atoms with Gasteiger partial charge in [0.2, 0.25) is 0 Å². The molecule has 0 aliphatic heterocycles. The smallest absolute Gasteiger partial charge is 0.142 e. The summed E-state index contributed by atoms with van der Waals surface area (Å²) in [6, 6.07) is 22.1. The monoisotopic (exact) mass is 301 g/mol. The Balaban J connectivity index is 1.72. The van der Waals surface area contributed by atoms with Gasteiger partial charge in [-0.1, -0.05) is 30.0 Å². The van der Waals surface area contributed by atoms with Crippen molar-refractivity contribution < 1.29 is 9.84 Å². The van der Waals surface area contributed by atoms with E-state index >= 15 is 0 Å². The lowest BCUT2D eigenvalue weighted by Crippen LogP contribution is -1.88. The van der Waals surface area contributed by atoms with Crippen LogP contribution >= 0.6 is 0 Å². The first-order chi connectivity index (χ1) is 11.2. The molecule has 0 heterocycles. The van der Waals surface area contributed by atoms with Crippen molar-refractivity contribution in [2.75, 3.05) is 5.73 Å². The molecule has 3 aromatic rings. The fourth-order valence-corrected chi connectivity index (χ4v) is 2.00. The molecular formula is C20H15NO2. The van der Waals surface area contributed by atoms with Crippen LogP contribution in [-0.2, 0) is 0 Å².